The molecule has 0 bridgehead atoms. The van der Waals surface area contributed by atoms with Crippen LogP contribution in [0.2, 0.25) is 10.0 Å². The number of carbonyl (C=O) groups excluding carboxylic acids is 1. The molecule has 1 N–H and O–H groups in total. The molecular weight excluding hydrogens is 309 g/mol. The summed E-state index contributed by atoms with van der Waals surface area (Å²) >= 11 is 12.1. The zero-order valence-corrected chi connectivity index (χ0v) is 13.2. The van der Waals surface area contributed by atoms with Crippen molar-refractivity contribution < 1.29 is 9.21 Å². The van der Waals surface area contributed by atoms with Crippen LogP contribution >= 0.6 is 23.2 Å². The van der Waals surface area contributed by atoms with Gasteiger partial charge in [0.1, 0.15) is 5.76 Å². The van der Waals surface area contributed by atoms with Crippen LogP contribution in [-0.4, -0.2) is 11.9 Å². The fourth-order valence-corrected chi connectivity index (χ4v) is 2.60. The van der Waals surface area contributed by atoms with Crippen molar-refractivity contribution in [1.29, 1.82) is 0 Å². The van der Waals surface area contributed by atoms with Gasteiger partial charge in [0.25, 0.3) is 0 Å². The molecule has 0 aliphatic carbocycles. The SMILES string of the molecule is C[C@@H](CCc1ccco1)NC(=O)Cc1c(Cl)cccc1Cl. The van der Waals surface area contributed by atoms with Gasteiger partial charge >= 0.3 is 0 Å². The molecule has 0 spiro atoms. The Morgan fingerprint density at radius 1 is 1.24 bits per heavy atom. The third-order valence-corrected chi connectivity index (χ3v) is 3.92. The van der Waals surface area contributed by atoms with Crippen molar-refractivity contribution in [1.82, 2.24) is 5.32 Å². The molecule has 0 radical (unpaired) electrons. The zero-order chi connectivity index (χ0) is 15.2. The molecule has 0 fully saturated rings. The number of hydrogen-bond donors (Lipinski definition) is 1. The van der Waals surface area contributed by atoms with Crippen LogP contribution in [0.25, 0.3) is 0 Å². The van der Waals surface area contributed by atoms with Gasteiger partial charge in [-0.1, -0.05) is 29.3 Å². The number of carbonyl (C=O) groups is 1. The third kappa shape index (κ3) is 4.80. The molecule has 112 valence electrons. The molecule has 0 saturated carbocycles. The number of benzene rings is 1. The number of aryl methyl sites for hydroxylation is 1. The lowest BCUT2D eigenvalue weighted by atomic mass is 10.1. The van der Waals surface area contributed by atoms with Crippen LogP contribution in [0.4, 0.5) is 0 Å². The predicted molar refractivity (Wildman–Crippen MR) is 84.8 cm³/mol. The van der Waals surface area contributed by atoms with Crippen molar-refractivity contribution in [2.45, 2.75) is 32.2 Å². The van der Waals surface area contributed by atoms with Crippen molar-refractivity contribution in [2.75, 3.05) is 0 Å². The van der Waals surface area contributed by atoms with Gasteiger partial charge in [-0.15, -0.1) is 0 Å². The predicted octanol–water partition coefficient (Wildman–Crippen LogP) is 4.27. The lowest BCUT2D eigenvalue weighted by Crippen LogP contribution is -2.34. The van der Waals surface area contributed by atoms with Gasteiger partial charge in [-0.25, -0.2) is 0 Å². The minimum atomic E-state index is -0.0862. The summed E-state index contributed by atoms with van der Waals surface area (Å²) in [5.41, 5.74) is 0.663. The van der Waals surface area contributed by atoms with Gasteiger partial charge in [-0.05, 0) is 43.2 Å². The first-order valence-corrected chi connectivity index (χ1v) is 7.56. The molecular formula is C16H17Cl2NO2. The van der Waals surface area contributed by atoms with E-state index in [1.54, 1.807) is 24.5 Å². The van der Waals surface area contributed by atoms with Crippen LogP contribution in [0.15, 0.2) is 41.0 Å². The van der Waals surface area contributed by atoms with Crippen LogP contribution < -0.4 is 5.32 Å². The lowest BCUT2D eigenvalue weighted by molar-refractivity contribution is -0.121. The topological polar surface area (TPSA) is 42.2 Å². The first-order chi connectivity index (χ1) is 10.1. The van der Waals surface area contributed by atoms with E-state index in [9.17, 15) is 4.79 Å². The third-order valence-electron chi connectivity index (χ3n) is 3.21. The summed E-state index contributed by atoms with van der Waals surface area (Å²) in [6, 6.07) is 9.07. The van der Waals surface area contributed by atoms with Crippen molar-refractivity contribution in [3.8, 4) is 0 Å². The summed E-state index contributed by atoms with van der Waals surface area (Å²) in [7, 11) is 0. The highest BCUT2D eigenvalue weighted by molar-refractivity contribution is 6.36. The molecule has 2 rings (SSSR count). The normalized spacial score (nSPS) is 12.1. The monoisotopic (exact) mass is 325 g/mol. The summed E-state index contributed by atoms with van der Waals surface area (Å²) in [6.45, 7) is 1.97. The van der Waals surface area contributed by atoms with Crippen LogP contribution in [0.1, 0.15) is 24.7 Å². The molecule has 0 saturated heterocycles. The highest BCUT2D eigenvalue weighted by Gasteiger charge is 2.13. The molecule has 1 atom stereocenters. The smallest absolute Gasteiger partial charge is 0.224 e. The molecule has 1 heterocycles. The molecule has 1 amide bonds. The first-order valence-electron chi connectivity index (χ1n) is 6.81. The van der Waals surface area contributed by atoms with Gasteiger partial charge in [0.05, 0.1) is 12.7 Å². The highest BCUT2D eigenvalue weighted by Crippen LogP contribution is 2.24. The summed E-state index contributed by atoms with van der Waals surface area (Å²) in [4.78, 5) is 12.0. The Balaban J connectivity index is 1.83. The van der Waals surface area contributed by atoms with Crippen LogP contribution in [-0.2, 0) is 17.6 Å². The van der Waals surface area contributed by atoms with E-state index in [2.05, 4.69) is 5.32 Å². The van der Waals surface area contributed by atoms with Gasteiger partial charge in [0, 0.05) is 22.5 Å². The Hall–Kier alpha value is -1.45. The average Bonchev–Trinajstić information content (AvgIpc) is 2.94. The second kappa shape index (κ2) is 7.53. The maximum absolute atomic E-state index is 12.0. The maximum Gasteiger partial charge on any atom is 0.224 e. The van der Waals surface area contributed by atoms with Crippen LogP contribution in [0.3, 0.4) is 0 Å². The van der Waals surface area contributed by atoms with Gasteiger partial charge in [-0.2, -0.15) is 0 Å². The van der Waals surface area contributed by atoms with Crippen molar-refractivity contribution in [3.63, 3.8) is 0 Å². The Bertz CT molecular complexity index is 576. The highest BCUT2D eigenvalue weighted by atomic mass is 35.5. The quantitative estimate of drug-likeness (QED) is 0.861. The molecule has 0 aliphatic heterocycles. The number of hydrogen-bond acceptors (Lipinski definition) is 2. The number of rotatable bonds is 6. The van der Waals surface area contributed by atoms with Crippen molar-refractivity contribution in [2.24, 2.45) is 0 Å². The summed E-state index contributed by atoms with van der Waals surface area (Å²) in [5, 5.41) is 3.98. The van der Waals surface area contributed by atoms with E-state index in [0.717, 1.165) is 18.6 Å². The van der Waals surface area contributed by atoms with E-state index in [1.165, 1.54) is 0 Å². The van der Waals surface area contributed by atoms with E-state index in [4.69, 9.17) is 27.6 Å². The molecule has 1 aromatic heterocycles. The average molecular weight is 326 g/mol. The van der Waals surface area contributed by atoms with E-state index in [-0.39, 0.29) is 18.4 Å². The first kappa shape index (κ1) is 15.9. The molecule has 1 aromatic carbocycles. The van der Waals surface area contributed by atoms with Crippen molar-refractivity contribution in [3.05, 3.63) is 58.0 Å². The van der Waals surface area contributed by atoms with E-state index in [0.29, 0.717) is 15.6 Å². The maximum atomic E-state index is 12.0. The Kier molecular flexibility index (Phi) is 5.71. The Labute approximate surface area is 134 Å². The molecule has 0 aliphatic rings. The van der Waals surface area contributed by atoms with Gasteiger partial charge < -0.3 is 9.73 Å². The van der Waals surface area contributed by atoms with E-state index >= 15 is 0 Å². The lowest BCUT2D eigenvalue weighted by Gasteiger charge is -2.14. The Morgan fingerprint density at radius 3 is 2.57 bits per heavy atom. The molecule has 3 nitrogen and oxygen atoms in total. The van der Waals surface area contributed by atoms with Crippen LogP contribution in [0, 0.1) is 0 Å². The van der Waals surface area contributed by atoms with E-state index in [1.807, 2.05) is 19.1 Å². The number of furan rings is 1. The number of amides is 1. The summed E-state index contributed by atoms with van der Waals surface area (Å²) < 4.78 is 5.27. The number of halogens is 2. The van der Waals surface area contributed by atoms with Crippen LogP contribution in [0.5, 0.6) is 0 Å². The minimum absolute atomic E-state index is 0.0591. The zero-order valence-electron chi connectivity index (χ0n) is 11.7. The standard InChI is InChI=1S/C16H17Cl2NO2/c1-11(7-8-12-4-3-9-21-12)19-16(20)10-13-14(17)5-2-6-15(13)18/h2-6,9,11H,7-8,10H2,1H3,(H,19,20)/t11-/m0/s1. The van der Waals surface area contributed by atoms with Gasteiger partial charge in [-0.3, -0.25) is 4.79 Å². The number of nitrogens with one attached hydrogen (secondary N) is 1. The summed E-state index contributed by atoms with van der Waals surface area (Å²) in [6.07, 6.45) is 3.44. The fraction of sp³-hybridized carbons (Fsp3) is 0.312. The summed E-state index contributed by atoms with van der Waals surface area (Å²) in [5.74, 6) is 0.835. The second-order valence-corrected chi connectivity index (χ2v) is 5.78. The molecule has 5 heteroatoms. The minimum Gasteiger partial charge on any atom is -0.469 e. The largest absolute Gasteiger partial charge is 0.469 e. The van der Waals surface area contributed by atoms with Crippen molar-refractivity contribution >= 4 is 29.1 Å². The second-order valence-electron chi connectivity index (χ2n) is 4.96. The fourth-order valence-electron chi connectivity index (χ4n) is 2.07. The van der Waals surface area contributed by atoms with Gasteiger partial charge in [0.15, 0.2) is 0 Å². The van der Waals surface area contributed by atoms with Gasteiger partial charge in [0.2, 0.25) is 5.91 Å². The Morgan fingerprint density at radius 2 is 1.95 bits per heavy atom. The molecule has 2 aromatic rings. The van der Waals surface area contributed by atoms with E-state index < -0.39 is 0 Å². The molecule has 0 unspecified atom stereocenters. The molecule has 21 heavy (non-hydrogen) atoms.